The number of hydrogen-bond donors (Lipinski definition) is 0. The molecule has 106 valence electrons. The second-order valence-electron chi connectivity index (χ2n) is 6.20. The zero-order chi connectivity index (χ0) is 14.0. The number of hydrogen-bond acceptors (Lipinski definition) is 4. The second kappa shape index (κ2) is 5.19. The van der Waals surface area contributed by atoms with Gasteiger partial charge in [0.25, 0.3) is 0 Å². The Kier molecular flexibility index (Phi) is 4.47. The number of sulfone groups is 1. The van der Waals surface area contributed by atoms with Crippen molar-refractivity contribution in [3.63, 3.8) is 0 Å². The highest BCUT2D eigenvalue weighted by Gasteiger charge is 2.46. The van der Waals surface area contributed by atoms with Crippen molar-refractivity contribution in [3.8, 4) is 0 Å². The highest BCUT2D eigenvalue weighted by Crippen LogP contribution is 2.40. The minimum Gasteiger partial charge on any atom is -0.469 e. The van der Waals surface area contributed by atoms with Crippen molar-refractivity contribution in [1.82, 2.24) is 0 Å². The van der Waals surface area contributed by atoms with E-state index in [4.69, 9.17) is 4.74 Å². The van der Waals surface area contributed by atoms with E-state index in [1.165, 1.54) is 7.11 Å². The Bertz CT molecular complexity index is 397. The molecule has 4 nitrogen and oxygen atoms in total. The molecule has 0 aliphatic heterocycles. The van der Waals surface area contributed by atoms with E-state index < -0.39 is 20.0 Å². The molecule has 0 radical (unpaired) electrons. The molecule has 0 aromatic heterocycles. The molecule has 0 atom stereocenters. The average Bonchev–Trinajstić information content (AvgIpc) is 2.27. The van der Waals surface area contributed by atoms with Gasteiger partial charge in [-0.15, -0.1) is 0 Å². The third kappa shape index (κ3) is 3.05. The molecule has 1 aliphatic rings. The van der Waals surface area contributed by atoms with Crippen molar-refractivity contribution < 1.29 is 17.9 Å². The molecule has 0 amide bonds. The van der Waals surface area contributed by atoms with Crippen molar-refractivity contribution in [3.05, 3.63) is 0 Å². The standard InChI is InChI=1S/C13H24O4S/c1-12(2,3)18(15,16)10-13(11(14)17-4)8-6-5-7-9-13/h5-10H2,1-4H3. The monoisotopic (exact) mass is 276 g/mol. The first-order chi connectivity index (χ1) is 8.15. The van der Waals surface area contributed by atoms with E-state index in [1.54, 1.807) is 20.8 Å². The molecule has 0 saturated heterocycles. The van der Waals surface area contributed by atoms with Crippen LogP contribution in [0.15, 0.2) is 0 Å². The highest BCUT2D eigenvalue weighted by atomic mass is 32.2. The summed E-state index contributed by atoms with van der Waals surface area (Å²) in [7, 11) is -1.98. The van der Waals surface area contributed by atoms with E-state index in [-0.39, 0.29) is 11.7 Å². The summed E-state index contributed by atoms with van der Waals surface area (Å²) >= 11 is 0. The molecule has 1 saturated carbocycles. The summed E-state index contributed by atoms with van der Waals surface area (Å²) in [5.74, 6) is -0.453. The maximum atomic E-state index is 12.3. The number of ether oxygens (including phenoxy) is 1. The van der Waals surface area contributed by atoms with Gasteiger partial charge in [-0.25, -0.2) is 8.42 Å². The van der Waals surface area contributed by atoms with Crippen LogP contribution >= 0.6 is 0 Å². The molecule has 5 heteroatoms. The van der Waals surface area contributed by atoms with Gasteiger partial charge < -0.3 is 4.74 Å². The summed E-state index contributed by atoms with van der Waals surface area (Å²) in [4.78, 5) is 12.0. The molecule has 0 N–H and O–H groups in total. The van der Waals surface area contributed by atoms with Crippen LogP contribution in [-0.4, -0.2) is 32.0 Å². The van der Waals surface area contributed by atoms with Gasteiger partial charge in [0.2, 0.25) is 0 Å². The lowest BCUT2D eigenvalue weighted by Gasteiger charge is -2.36. The van der Waals surface area contributed by atoms with Gasteiger partial charge in [0.15, 0.2) is 9.84 Å². The molecule has 0 spiro atoms. The number of rotatable bonds is 3. The maximum absolute atomic E-state index is 12.3. The number of methoxy groups -OCH3 is 1. The Morgan fingerprint density at radius 1 is 1.17 bits per heavy atom. The third-order valence-electron chi connectivity index (χ3n) is 3.83. The Balaban J connectivity index is 3.04. The van der Waals surface area contributed by atoms with Crippen molar-refractivity contribution in [2.45, 2.75) is 57.6 Å². The molecule has 0 heterocycles. The molecule has 0 aromatic carbocycles. The fourth-order valence-electron chi connectivity index (χ4n) is 2.43. The minimum absolute atomic E-state index is 0.0871. The number of carbonyl (C=O) groups is 1. The first-order valence-corrected chi connectivity index (χ1v) is 8.11. The van der Waals surface area contributed by atoms with Crippen molar-refractivity contribution >= 4 is 15.8 Å². The Morgan fingerprint density at radius 2 is 1.67 bits per heavy atom. The first kappa shape index (κ1) is 15.5. The van der Waals surface area contributed by atoms with E-state index in [2.05, 4.69) is 0 Å². The van der Waals surface area contributed by atoms with Gasteiger partial charge in [-0.2, -0.15) is 0 Å². The Morgan fingerprint density at radius 3 is 2.06 bits per heavy atom. The molecule has 1 fully saturated rings. The summed E-state index contributed by atoms with van der Waals surface area (Å²) in [6.45, 7) is 5.03. The lowest BCUT2D eigenvalue weighted by molar-refractivity contribution is -0.153. The SMILES string of the molecule is COC(=O)C1(CS(=O)(=O)C(C)(C)C)CCCCC1. The lowest BCUT2D eigenvalue weighted by atomic mass is 9.75. The van der Waals surface area contributed by atoms with Crippen LogP contribution in [0, 0.1) is 5.41 Å². The largest absolute Gasteiger partial charge is 0.469 e. The van der Waals surface area contributed by atoms with Crippen LogP contribution in [-0.2, 0) is 19.4 Å². The zero-order valence-electron chi connectivity index (χ0n) is 11.8. The van der Waals surface area contributed by atoms with E-state index in [0.717, 1.165) is 19.3 Å². The lowest BCUT2D eigenvalue weighted by Crippen LogP contribution is -2.45. The number of carbonyl (C=O) groups excluding carboxylic acids is 1. The fourth-order valence-corrected chi connectivity index (χ4v) is 4.00. The van der Waals surface area contributed by atoms with E-state index >= 15 is 0 Å². The third-order valence-corrected chi connectivity index (χ3v) is 6.63. The van der Waals surface area contributed by atoms with Crippen LogP contribution in [0.25, 0.3) is 0 Å². The summed E-state index contributed by atoms with van der Waals surface area (Å²) in [6, 6.07) is 0. The maximum Gasteiger partial charge on any atom is 0.312 e. The summed E-state index contributed by atoms with van der Waals surface area (Å²) < 4.78 is 28.7. The van der Waals surface area contributed by atoms with Gasteiger partial charge in [-0.1, -0.05) is 19.3 Å². The Labute approximate surface area is 110 Å². The molecule has 18 heavy (non-hydrogen) atoms. The van der Waals surface area contributed by atoms with Gasteiger partial charge in [-0.05, 0) is 33.6 Å². The molecule has 0 bridgehead atoms. The second-order valence-corrected chi connectivity index (χ2v) is 8.95. The van der Waals surface area contributed by atoms with Crippen LogP contribution in [0.4, 0.5) is 0 Å². The molecule has 1 rings (SSSR count). The van der Waals surface area contributed by atoms with Crippen LogP contribution in [0.2, 0.25) is 0 Å². The summed E-state index contributed by atoms with van der Waals surface area (Å²) in [5.41, 5.74) is -0.820. The normalized spacial score (nSPS) is 20.4. The van der Waals surface area contributed by atoms with Crippen LogP contribution in [0.1, 0.15) is 52.9 Å². The molecular weight excluding hydrogens is 252 g/mol. The van der Waals surface area contributed by atoms with Gasteiger partial charge in [0.05, 0.1) is 23.0 Å². The quantitative estimate of drug-likeness (QED) is 0.742. The summed E-state index contributed by atoms with van der Waals surface area (Å²) in [6.07, 6.45) is 4.10. The van der Waals surface area contributed by atoms with E-state index in [1.807, 2.05) is 0 Å². The molecule has 0 unspecified atom stereocenters. The smallest absolute Gasteiger partial charge is 0.312 e. The van der Waals surface area contributed by atoms with Crippen molar-refractivity contribution in [1.29, 1.82) is 0 Å². The topological polar surface area (TPSA) is 60.4 Å². The predicted molar refractivity (Wildman–Crippen MR) is 71.1 cm³/mol. The van der Waals surface area contributed by atoms with Crippen LogP contribution < -0.4 is 0 Å². The average molecular weight is 276 g/mol. The van der Waals surface area contributed by atoms with Gasteiger partial charge in [-0.3, -0.25) is 4.79 Å². The Hall–Kier alpha value is -0.580. The van der Waals surface area contributed by atoms with E-state index in [9.17, 15) is 13.2 Å². The van der Waals surface area contributed by atoms with E-state index in [0.29, 0.717) is 12.8 Å². The summed E-state index contributed by atoms with van der Waals surface area (Å²) in [5, 5.41) is 0. The molecule has 1 aliphatic carbocycles. The molecule has 0 aromatic rings. The van der Waals surface area contributed by atoms with Crippen LogP contribution in [0.3, 0.4) is 0 Å². The first-order valence-electron chi connectivity index (χ1n) is 6.45. The number of esters is 1. The highest BCUT2D eigenvalue weighted by molar-refractivity contribution is 7.92. The zero-order valence-corrected chi connectivity index (χ0v) is 12.6. The molecular formula is C13H24O4S. The van der Waals surface area contributed by atoms with Gasteiger partial charge >= 0.3 is 5.97 Å². The van der Waals surface area contributed by atoms with Crippen molar-refractivity contribution in [2.24, 2.45) is 5.41 Å². The minimum atomic E-state index is -3.31. The fraction of sp³-hybridized carbons (Fsp3) is 0.923. The van der Waals surface area contributed by atoms with Gasteiger partial charge in [0, 0.05) is 0 Å². The van der Waals surface area contributed by atoms with Crippen molar-refractivity contribution in [2.75, 3.05) is 12.9 Å². The van der Waals surface area contributed by atoms with Gasteiger partial charge in [0.1, 0.15) is 0 Å². The predicted octanol–water partition coefficient (Wildman–Crippen LogP) is 2.32. The van der Waals surface area contributed by atoms with Crippen LogP contribution in [0.5, 0.6) is 0 Å².